The van der Waals surface area contributed by atoms with Crippen molar-refractivity contribution in [1.29, 1.82) is 0 Å². The molecule has 0 aromatic heterocycles. The number of thioether (sulfide) groups is 1. The molecule has 1 saturated heterocycles. The van der Waals surface area contributed by atoms with Crippen LogP contribution in [0.5, 0.6) is 5.75 Å². The minimum atomic E-state index is 0.686. The molecule has 2 nitrogen and oxygen atoms in total. The first-order valence-electron chi connectivity index (χ1n) is 5.83. The molecule has 1 aliphatic rings. The molecule has 0 unspecified atom stereocenters. The maximum absolute atomic E-state index is 5.34. The molecule has 0 amide bonds. The van der Waals surface area contributed by atoms with Gasteiger partial charge in [0.2, 0.25) is 0 Å². The summed E-state index contributed by atoms with van der Waals surface area (Å²) in [6.07, 6.45) is 2.58. The van der Waals surface area contributed by atoms with Gasteiger partial charge in [0, 0.05) is 18.2 Å². The second kappa shape index (κ2) is 6.16. The molecule has 1 N–H and O–H groups in total. The standard InChI is InChI=1S/C13H19NOS/c1-15-13-5-3-2-4-11(13)10-14-12-6-8-16-9-7-12/h2-5,12,14H,6-10H2,1H3. The zero-order valence-electron chi connectivity index (χ0n) is 9.74. The maximum Gasteiger partial charge on any atom is 0.123 e. The molecule has 0 atom stereocenters. The highest BCUT2D eigenvalue weighted by atomic mass is 32.2. The monoisotopic (exact) mass is 237 g/mol. The van der Waals surface area contributed by atoms with Crippen molar-refractivity contribution in [1.82, 2.24) is 5.32 Å². The molecular formula is C13H19NOS. The van der Waals surface area contributed by atoms with Gasteiger partial charge in [0.15, 0.2) is 0 Å². The molecule has 0 saturated carbocycles. The molecule has 0 radical (unpaired) electrons. The van der Waals surface area contributed by atoms with Crippen molar-refractivity contribution >= 4 is 11.8 Å². The summed E-state index contributed by atoms with van der Waals surface area (Å²) in [6.45, 7) is 0.916. The first-order valence-corrected chi connectivity index (χ1v) is 6.98. The van der Waals surface area contributed by atoms with Crippen molar-refractivity contribution in [2.45, 2.75) is 25.4 Å². The molecule has 1 aliphatic heterocycles. The molecule has 0 spiro atoms. The van der Waals surface area contributed by atoms with Crippen molar-refractivity contribution in [3.63, 3.8) is 0 Å². The van der Waals surface area contributed by atoms with Crippen LogP contribution in [0.1, 0.15) is 18.4 Å². The van der Waals surface area contributed by atoms with E-state index in [1.54, 1.807) is 7.11 Å². The van der Waals surface area contributed by atoms with Crippen LogP contribution in [0.25, 0.3) is 0 Å². The lowest BCUT2D eigenvalue weighted by Gasteiger charge is -2.23. The van der Waals surface area contributed by atoms with Gasteiger partial charge in [0.05, 0.1) is 7.11 Å². The van der Waals surface area contributed by atoms with Crippen molar-refractivity contribution in [3.8, 4) is 5.75 Å². The van der Waals surface area contributed by atoms with Gasteiger partial charge in [-0.25, -0.2) is 0 Å². The highest BCUT2D eigenvalue weighted by Gasteiger charge is 2.13. The van der Waals surface area contributed by atoms with Gasteiger partial charge in [-0.2, -0.15) is 11.8 Å². The average molecular weight is 237 g/mol. The van der Waals surface area contributed by atoms with Gasteiger partial charge in [-0.05, 0) is 30.4 Å². The Morgan fingerprint density at radius 3 is 2.81 bits per heavy atom. The smallest absolute Gasteiger partial charge is 0.123 e. The summed E-state index contributed by atoms with van der Waals surface area (Å²) in [6, 6.07) is 8.92. The second-order valence-electron chi connectivity index (χ2n) is 4.08. The van der Waals surface area contributed by atoms with E-state index in [0.29, 0.717) is 6.04 Å². The minimum absolute atomic E-state index is 0.686. The number of ether oxygens (including phenoxy) is 1. The second-order valence-corrected chi connectivity index (χ2v) is 5.30. The third-order valence-electron chi connectivity index (χ3n) is 3.00. The van der Waals surface area contributed by atoms with Crippen LogP contribution in [0.2, 0.25) is 0 Å². The first kappa shape index (κ1) is 11.8. The van der Waals surface area contributed by atoms with E-state index in [1.807, 2.05) is 12.1 Å². The normalized spacial score (nSPS) is 17.3. The number of methoxy groups -OCH3 is 1. The van der Waals surface area contributed by atoms with Crippen LogP contribution in [0.4, 0.5) is 0 Å². The zero-order valence-corrected chi connectivity index (χ0v) is 10.6. The van der Waals surface area contributed by atoms with Crippen molar-refractivity contribution in [2.24, 2.45) is 0 Å². The van der Waals surface area contributed by atoms with E-state index in [2.05, 4.69) is 29.2 Å². The third-order valence-corrected chi connectivity index (χ3v) is 4.04. The van der Waals surface area contributed by atoms with E-state index in [0.717, 1.165) is 12.3 Å². The highest BCUT2D eigenvalue weighted by Crippen LogP contribution is 2.20. The van der Waals surface area contributed by atoms with Gasteiger partial charge in [0.1, 0.15) is 5.75 Å². The van der Waals surface area contributed by atoms with Crippen LogP contribution in [-0.2, 0) is 6.54 Å². The molecule has 1 fully saturated rings. The van der Waals surface area contributed by atoms with Crippen LogP contribution < -0.4 is 10.1 Å². The lowest BCUT2D eigenvalue weighted by atomic mass is 10.1. The maximum atomic E-state index is 5.34. The molecule has 1 heterocycles. The molecule has 0 bridgehead atoms. The third kappa shape index (κ3) is 3.16. The first-order chi connectivity index (χ1) is 7.90. The summed E-state index contributed by atoms with van der Waals surface area (Å²) in [5, 5.41) is 3.62. The number of hydrogen-bond donors (Lipinski definition) is 1. The number of rotatable bonds is 4. The lowest BCUT2D eigenvalue weighted by molar-refractivity contribution is 0.403. The van der Waals surface area contributed by atoms with E-state index >= 15 is 0 Å². The summed E-state index contributed by atoms with van der Waals surface area (Å²) in [5.41, 5.74) is 1.25. The molecular weight excluding hydrogens is 218 g/mol. The van der Waals surface area contributed by atoms with Gasteiger partial charge < -0.3 is 10.1 Å². The summed E-state index contributed by atoms with van der Waals surface area (Å²) < 4.78 is 5.34. The summed E-state index contributed by atoms with van der Waals surface area (Å²) in [4.78, 5) is 0. The van der Waals surface area contributed by atoms with E-state index in [1.165, 1.54) is 29.9 Å². The largest absolute Gasteiger partial charge is 0.496 e. The Balaban J connectivity index is 1.88. The Kier molecular flexibility index (Phi) is 4.55. The van der Waals surface area contributed by atoms with E-state index in [9.17, 15) is 0 Å². The zero-order chi connectivity index (χ0) is 11.2. The van der Waals surface area contributed by atoms with Gasteiger partial charge in [-0.15, -0.1) is 0 Å². The molecule has 2 rings (SSSR count). The fourth-order valence-electron chi connectivity index (χ4n) is 2.01. The quantitative estimate of drug-likeness (QED) is 0.870. The van der Waals surface area contributed by atoms with Crippen molar-refractivity contribution in [3.05, 3.63) is 29.8 Å². The summed E-state index contributed by atoms with van der Waals surface area (Å²) in [7, 11) is 1.73. The SMILES string of the molecule is COc1ccccc1CNC1CCSCC1. The molecule has 88 valence electrons. The van der Waals surface area contributed by atoms with E-state index in [-0.39, 0.29) is 0 Å². The van der Waals surface area contributed by atoms with Crippen LogP contribution in [-0.4, -0.2) is 24.7 Å². The highest BCUT2D eigenvalue weighted by molar-refractivity contribution is 7.99. The number of para-hydroxylation sites is 1. The average Bonchev–Trinajstić information content (AvgIpc) is 2.38. The topological polar surface area (TPSA) is 21.3 Å². The fourth-order valence-corrected chi connectivity index (χ4v) is 3.11. The predicted octanol–water partition coefficient (Wildman–Crippen LogP) is 2.68. The van der Waals surface area contributed by atoms with Gasteiger partial charge in [-0.1, -0.05) is 18.2 Å². The van der Waals surface area contributed by atoms with E-state index < -0.39 is 0 Å². The molecule has 0 aliphatic carbocycles. The van der Waals surface area contributed by atoms with Gasteiger partial charge in [-0.3, -0.25) is 0 Å². The molecule has 1 aromatic carbocycles. The lowest BCUT2D eigenvalue weighted by Crippen LogP contribution is -2.32. The van der Waals surface area contributed by atoms with Crippen LogP contribution in [0, 0.1) is 0 Å². The minimum Gasteiger partial charge on any atom is -0.496 e. The molecule has 16 heavy (non-hydrogen) atoms. The van der Waals surface area contributed by atoms with Crippen molar-refractivity contribution < 1.29 is 4.74 Å². The fraction of sp³-hybridized carbons (Fsp3) is 0.538. The predicted molar refractivity (Wildman–Crippen MR) is 70.2 cm³/mol. The Hall–Kier alpha value is -0.670. The summed E-state index contributed by atoms with van der Waals surface area (Å²) >= 11 is 2.06. The number of hydrogen-bond acceptors (Lipinski definition) is 3. The molecule has 1 aromatic rings. The van der Waals surface area contributed by atoms with Crippen molar-refractivity contribution in [2.75, 3.05) is 18.6 Å². The Bertz CT molecular complexity index is 323. The Labute approximate surface area is 102 Å². The number of nitrogens with one attached hydrogen (secondary N) is 1. The van der Waals surface area contributed by atoms with E-state index in [4.69, 9.17) is 4.74 Å². The van der Waals surface area contributed by atoms with Crippen LogP contribution >= 0.6 is 11.8 Å². The Morgan fingerprint density at radius 1 is 1.31 bits per heavy atom. The van der Waals surface area contributed by atoms with Gasteiger partial charge >= 0.3 is 0 Å². The Morgan fingerprint density at radius 2 is 2.06 bits per heavy atom. The van der Waals surface area contributed by atoms with Crippen LogP contribution in [0.3, 0.4) is 0 Å². The number of benzene rings is 1. The van der Waals surface area contributed by atoms with Gasteiger partial charge in [0.25, 0.3) is 0 Å². The summed E-state index contributed by atoms with van der Waals surface area (Å²) in [5.74, 6) is 3.58. The van der Waals surface area contributed by atoms with Crippen LogP contribution in [0.15, 0.2) is 24.3 Å². The molecule has 3 heteroatoms.